The van der Waals surface area contributed by atoms with Crippen molar-refractivity contribution in [3.63, 3.8) is 0 Å². The van der Waals surface area contributed by atoms with E-state index in [1.807, 2.05) is 31.0 Å². The molecule has 0 amide bonds. The molecule has 1 N–H and O–H groups in total. The zero-order chi connectivity index (χ0) is 22.4. The van der Waals surface area contributed by atoms with Crippen molar-refractivity contribution in [2.75, 3.05) is 33.4 Å². The van der Waals surface area contributed by atoms with E-state index in [0.29, 0.717) is 12.5 Å². The van der Waals surface area contributed by atoms with E-state index in [-0.39, 0.29) is 35.5 Å². The Morgan fingerprint density at radius 1 is 1.31 bits per heavy atom. The molecular weight excluding hydrogens is 538 g/mol. The number of guanidine groups is 1. The minimum absolute atomic E-state index is 0. The highest BCUT2D eigenvalue weighted by molar-refractivity contribution is 14.0. The van der Waals surface area contributed by atoms with E-state index >= 15 is 0 Å². The average Bonchev–Trinajstić information content (AvgIpc) is 3.38. The third-order valence-electron chi connectivity index (χ3n) is 5.05. The number of methoxy groups -OCH3 is 1. The van der Waals surface area contributed by atoms with Crippen LogP contribution in [0.1, 0.15) is 30.4 Å². The number of halogens is 4. The minimum atomic E-state index is -4.40. The number of aromatic nitrogens is 2. The zero-order valence-corrected chi connectivity index (χ0v) is 20.7. The third kappa shape index (κ3) is 7.17. The highest BCUT2D eigenvalue weighted by atomic mass is 127. The molecule has 1 aliphatic heterocycles. The van der Waals surface area contributed by atoms with E-state index in [0.717, 1.165) is 37.6 Å². The Labute approximate surface area is 203 Å². The number of likely N-dealkylation sites (tertiary alicyclic amines) is 1. The van der Waals surface area contributed by atoms with Crippen molar-refractivity contribution in [3.05, 3.63) is 41.7 Å². The van der Waals surface area contributed by atoms with Gasteiger partial charge in [-0.25, -0.2) is 4.99 Å². The van der Waals surface area contributed by atoms with Crippen LogP contribution in [-0.2, 0) is 13.6 Å². The van der Waals surface area contributed by atoms with Crippen LogP contribution in [0.25, 0.3) is 0 Å². The summed E-state index contributed by atoms with van der Waals surface area (Å²) in [6.07, 6.45) is 0.577. The second kappa shape index (κ2) is 11.6. The van der Waals surface area contributed by atoms with Gasteiger partial charge >= 0.3 is 6.18 Å². The Kier molecular flexibility index (Phi) is 9.47. The lowest BCUT2D eigenvalue weighted by atomic mass is 10.0. The van der Waals surface area contributed by atoms with Gasteiger partial charge in [-0.15, -0.1) is 24.0 Å². The van der Waals surface area contributed by atoms with Gasteiger partial charge in [-0.2, -0.15) is 18.3 Å². The quantitative estimate of drug-likeness (QED) is 0.312. The van der Waals surface area contributed by atoms with Crippen LogP contribution in [0.2, 0.25) is 0 Å². The molecule has 32 heavy (non-hydrogen) atoms. The molecule has 1 aromatic heterocycles. The van der Waals surface area contributed by atoms with Crippen LogP contribution in [-0.4, -0.2) is 60.2 Å². The number of alkyl halides is 3. The molecular formula is C21H29F3IN5O2. The lowest BCUT2D eigenvalue weighted by Crippen LogP contribution is -2.40. The van der Waals surface area contributed by atoms with Gasteiger partial charge in [-0.05, 0) is 36.6 Å². The van der Waals surface area contributed by atoms with Gasteiger partial charge in [0.15, 0.2) is 24.1 Å². The second-order valence-corrected chi connectivity index (χ2v) is 7.44. The smallest absolute Gasteiger partial charge is 0.422 e. The fraction of sp³-hybridized carbons (Fsp3) is 0.524. The van der Waals surface area contributed by atoms with Gasteiger partial charge in [-0.3, -0.25) is 4.68 Å². The van der Waals surface area contributed by atoms with Crippen molar-refractivity contribution in [1.82, 2.24) is 20.0 Å². The number of nitrogens with zero attached hydrogens (tertiary/aromatic N) is 4. The molecule has 3 rings (SSSR count). The van der Waals surface area contributed by atoms with Crippen LogP contribution in [0.3, 0.4) is 0 Å². The van der Waals surface area contributed by atoms with Crippen molar-refractivity contribution >= 4 is 29.9 Å². The first-order valence-electron chi connectivity index (χ1n) is 10.2. The van der Waals surface area contributed by atoms with Crippen molar-refractivity contribution < 1.29 is 22.6 Å². The maximum absolute atomic E-state index is 12.4. The second-order valence-electron chi connectivity index (χ2n) is 7.44. The predicted molar refractivity (Wildman–Crippen MR) is 127 cm³/mol. The number of rotatable bonds is 7. The van der Waals surface area contributed by atoms with Gasteiger partial charge in [-0.1, -0.05) is 6.07 Å². The molecule has 0 aliphatic carbocycles. The number of aryl methyl sites for hydroxylation is 1. The van der Waals surface area contributed by atoms with Crippen molar-refractivity contribution in [1.29, 1.82) is 0 Å². The molecule has 1 aromatic carbocycles. The number of ether oxygens (including phenoxy) is 2. The summed E-state index contributed by atoms with van der Waals surface area (Å²) in [4.78, 5) is 6.95. The van der Waals surface area contributed by atoms with E-state index < -0.39 is 12.8 Å². The van der Waals surface area contributed by atoms with Crippen molar-refractivity contribution in [3.8, 4) is 11.5 Å². The van der Waals surface area contributed by atoms with Crippen LogP contribution < -0.4 is 14.8 Å². The summed E-state index contributed by atoms with van der Waals surface area (Å²) in [5, 5.41) is 7.58. The van der Waals surface area contributed by atoms with Crippen LogP contribution in [0, 0.1) is 0 Å². The molecule has 0 radical (unpaired) electrons. The number of aliphatic imine (C=N–C) groups is 1. The zero-order valence-electron chi connectivity index (χ0n) is 18.4. The maximum Gasteiger partial charge on any atom is 0.422 e. The molecule has 0 bridgehead atoms. The first-order chi connectivity index (χ1) is 14.8. The topological polar surface area (TPSA) is 63.9 Å². The standard InChI is InChI=1S/C21H28F3N5O2.HI/c1-4-25-20(29-8-7-16(13-29)17-11-27-28(2)12-17)26-10-15-5-6-18(19(9-15)30-3)31-14-21(22,23)24;/h5-6,9,11-12,16H,4,7-8,10,13-14H2,1-3H3,(H,25,26);1H. The fourth-order valence-corrected chi connectivity index (χ4v) is 3.56. The van der Waals surface area contributed by atoms with Crippen molar-refractivity contribution in [2.24, 2.45) is 12.0 Å². The summed E-state index contributed by atoms with van der Waals surface area (Å²) in [6.45, 7) is 3.50. The summed E-state index contributed by atoms with van der Waals surface area (Å²) >= 11 is 0. The predicted octanol–water partition coefficient (Wildman–Crippen LogP) is 3.94. The van der Waals surface area contributed by atoms with Crippen LogP contribution in [0.4, 0.5) is 13.2 Å². The van der Waals surface area contributed by atoms with Gasteiger partial charge < -0.3 is 19.7 Å². The van der Waals surface area contributed by atoms with E-state index in [2.05, 4.69) is 15.3 Å². The Morgan fingerprint density at radius 2 is 2.09 bits per heavy atom. The van der Waals surface area contributed by atoms with Crippen LogP contribution in [0.15, 0.2) is 35.6 Å². The number of hydrogen-bond donors (Lipinski definition) is 1. The lowest BCUT2D eigenvalue weighted by Gasteiger charge is -2.21. The molecule has 2 heterocycles. The first-order valence-corrected chi connectivity index (χ1v) is 10.2. The SMILES string of the molecule is CCNC(=NCc1ccc(OCC(F)(F)F)c(OC)c1)N1CCC(c2cnn(C)c2)C1.I. The first kappa shape index (κ1) is 26.1. The maximum atomic E-state index is 12.4. The Balaban J connectivity index is 0.00000363. The van der Waals surface area contributed by atoms with E-state index in [1.54, 1.807) is 12.1 Å². The molecule has 0 spiro atoms. The summed E-state index contributed by atoms with van der Waals surface area (Å²) in [7, 11) is 3.31. The molecule has 1 aliphatic rings. The molecule has 1 fully saturated rings. The normalized spacial score (nSPS) is 16.6. The Hall–Kier alpha value is -2.18. The highest BCUT2D eigenvalue weighted by Gasteiger charge is 2.29. The van der Waals surface area contributed by atoms with Crippen LogP contribution >= 0.6 is 24.0 Å². The molecule has 1 unspecified atom stereocenters. The summed E-state index contributed by atoms with van der Waals surface area (Å²) in [5.41, 5.74) is 2.04. The third-order valence-corrected chi connectivity index (χ3v) is 5.05. The molecule has 1 atom stereocenters. The molecule has 0 saturated carbocycles. The van der Waals surface area contributed by atoms with E-state index in [1.165, 1.54) is 18.7 Å². The Bertz CT molecular complexity index is 904. The van der Waals surface area contributed by atoms with Gasteiger partial charge in [0.05, 0.1) is 19.9 Å². The summed E-state index contributed by atoms with van der Waals surface area (Å²) in [5.74, 6) is 1.52. The fourth-order valence-electron chi connectivity index (χ4n) is 3.56. The van der Waals surface area contributed by atoms with Gasteiger partial charge in [0.1, 0.15) is 0 Å². The number of hydrogen-bond acceptors (Lipinski definition) is 4. The van der Waals surface area contributed by atoms with Gasteiger partial charge in [0.25, 0.3) is 0 Å². The monoisotopic (exact) mass is 567 g/mol. The van der Waals surface area contributed by atoms with Gasteiger partial charge in [0.2, 0.25) is 0 Å². The van der Waals surface area contributed by atoms with Crippen molar-refractivity contribution in [2.45, 2.75) is 32.0 Å². The summed E-state index contributed by atoms with van der Waals surface area (Å²) < 4.78 is 49.1. The van der Waals surface area contributed by atoms with E-state index in [9.17, 15) is 13.2 Å². The molecule has 7 nitrogen and oxygen atoms in total. The molecule has 178 valence electrons. The largest absolute Gasteiger partial charge is 0.493 e. The summed E-state index contributed by atoms with van der Waals surface area (Å²) in [6, 6.07) is 4.83. The number of nitrogens with one attached hydrogen (secondary N) is 1. The lowest BCUT2D eigenvalue weighted by molar-refractivity contribution is -0.153. The number of benzene rings is 1. The average molecular weight is 567 g/mol. The molecule has 1 saturated heterocycles. The molecule has 11 heteroatoms. The Morgan fingerprint density at radius 3 is 2.72 bits per heavy atom. The minimum Gasteiger partial charge on any atom is -0.493 e. The highest BCUT2D eigenvalue weighted by Crippen LogP contribution is 2.30. The van der Waals surface area contributed by atoms with Gasteiger partial charge in [0, 0.05) is 38.8 Å². The van der Waals surface area contributed by atoms with Crippen LogP contribution in [0.5, 0.6) is 11.5 Å². The van der Waals surface area contributed by atoms with E-state index in [4.69, 9.17) is 14.5 Å². The molecule has 2 aromatic rings.